The van der Waals surface area contributed by atoms with Crippen molar-refractivity contribution in [3.63, 3.8) is 0 Å². The molecule has 1 aliphatic rings. The van der Waals surface area contributed by atoms with Crippen LogP contribution in [0.1, 0.15) is 64.1 Å². The summed E-state index contributed by atoms with van der Waals surface area (Å²) in [5, 5.41) is 3.79. The summed E-state index contributed by atoms with van der Waals surface area (Å²) in [7, 11) is 0. The molecule has 2 nitrogen and oxygen atoms in total. The highest BCUT2D eigenvalue weighted by molar-refractivity contribution is 5.38. The first-order valence-corrected chi connectivity index (χ1v) is 8.63. The second-order valence-electron chi connectivity index (χ2n) is 6.90. The van der Waals surface area contributed by atoms with Gasteiger partial charge in [-0.05, 0) is 62.0 Å². The molecule has 1 atom stereocenters. The third-order valence-electron chi connectivity index (χ3n) is 5.06. The number of nitrogens with zero attached hydrogens (tertiary/aromatic N) is 1. The highest BCUT2D eigenvalue weighted by atomic mass is 15.1. The molecular formula is C19H32N2. The maximum atomic E-state index is 3.79. The number of rotatable bonds is 7. The van der Waals surface area contributed by atoms with Crippen molar-refractivity contribution in [2.24, 2.45) is 0 Å². The zero-order valence-corrected chi connectivity index (χ0v) is 14.3. The molecule has 2 heteroatoms. The van der Waals surface area contributed by atoms with Gasteiger partial charge >= 0.3 is 0 Å². The Hall–Kier alpha value is -0.860. The van der Waals surface area contributed by atoms with Crippen molar-refractivity contribution in [3.8, 4) is 0 Å². The summed E-state index contributed by atoms with van der Waals surface area (Å²) in [5.41, 5.74) is 3.39. The van der Waals surface area contributed by atoms with Gasteiger partial charge in [0.25, 0.3) is 0 Å². The van der Waals surface area contributed by atoms with Crippen molar-refractivity contribution in [2.75, 3.05) is 26.2 Å². The number of fused-ring (bicyclic) bond motifs is 1. The molecule has 0 bridgehead atoms. The molecule has 0 fully saturated rings. The van der Waals surface area contributed by atoms with Crippen molar-refractivity contribution in [3.05, 3.63) is 35.4 Å². The van der Waals surface area contributed by atoms with E-state index in [1.165, 1.54) is 36.9 Å². The molecule has 0 aromatic heterocycles. The smallest absolute Gasteiger partial charge is 0.0323 e. The van der Waals surface area contributed by atoms with E-state index < -0.39 is 0 Å². The quantitative estimate of drug-likeness (QED) is 0.759. The number of hydrogen-bond acceptors (Lipinski definition) is 2. The average Bonchev–Trinajstić information content (AvgIpc) is 2.50. The molecule has 1 aromatic carbocycles. The van der Waals surface area contributed by atoms with Gasteiger partial charge in [0.05, 0.1) is 0 Å². The van der Waals surface area contributed by atoms with Crippen LogP contribution in [0.3, 0.4) is 0 Å². The Morgan fingerprint density at radius 1 is 1.19 bits per heavy atom. The lowest BCUT2D eigenvalue weighted by atomic mass is 9.71. The Labute approximate surface area is 130 Å². The minimum atomic E-state index is 0.329. The molecule has 1 unspecified atom stereocenters. The standard InChI is InChI=1S/C19H32N2/c1-5-21(6-2)15-9-14-20-18-12-13-19(3,4)17-11-8-7-10-16(17)18/h7-8,10-11,18,20H,5-6,9,12-15H2,1-4H3. The summed E-state index contributed by atoms with van der Waals surface area (Å²) in [4.78, 5) is 2.50. The van der Waals surface area contributed by atoms with Gasteiger partial charge in [-0.15, -0.1) is 0 Å². The van der Waals surface area contributed by atoms with E-state index in [4.69, 9.17) is 0 Å². The summed E-state index contributed by atoms with van der Waals surface area (Å²) in [6.07, 6.45) is 3.77. The highest BCUT2D eigenvalue weighted by Gasteiger charge is 2.31. The van der Waals surface area contributed by atoms with Crippen LogP contribution in [0.15, 0.2) is 24.3 Å². The molecule has 21 heavy (non-hydrogen) atoms. The zero-order valence-electron chi connectivity index (χ0n) is 14.3. The fraction of sp³-hybridized carbons (Fsp3) is 0.684. The van der Waals surface area contributed by atoms with Crippen LogP contribution in [-0.4, -0.2) is 31.1 Å². The number of benzene rings is 1. The third kappa shape index (κ3) is 4.08. The van der Waals surface area contributed by atoms with Crippen molar-refractivity contribution >= 4 is 0 Å². The summed E-state index contributed by atoms with van der Waals surface area (Å²) in [5.74, 6) is 0. The molecule has 1 N–H and O–H groups in total. The average molecular weight is 288 g/mol. The second kappa shape index (κ2) is 7.42. The van der Waals surface area contributed by atoms with E-state index in [0.717, 1.165) is 19.6 Å². The Kier molecular flexibility index (Phi) is 5.83. The van der Waals surface area contributed by atoms with Gasteiger partial charge in [-0.25, -0.2) is 0 Å². The first-order chi connectivity index (χ1) is 10.1. The summed E-state index contributed by atoms with van der Waals surface area (Å²) in [6.45, 7) is 13.9. The SMILES string of the molecule is CCN(CC)CCCNC1CCC(C)(C)c2ccccc21. The lowest BCUT2D eigenvalue weighted by molar-refractivity contribution is 0.291. The van der Waals surface area contributed by atoms with E-state index in [-0.39, 0.29) is 0 Å². The van der Waals surface area contributed by atoms with E-state index in [1.807, 2.05) is 0 Å². The molecule has 2 rings (SSSR count). The first-order valence-electron chi connectivity index (χ1n) is 8.63. The lowest BCUT2D eigenvalue weighted by Gasteiger charge is -2.37. The minimum Gasteiger partial charge on any atom is -0.310 e. The summed E-state index contributed by atoms with van der Waals surface area (Å²) >= 11 is 0. The van der Waals surface area contributed by atoms with Gasteiger partial charge in [0.1, 0.15) is 0 Å². The van der Waals surface area contributed by atoms with Crippen molar-refractivity contribution < 1.29 is 0 Å². The van der Waals surface area contributed by atoms with E-state index in [0.29, 0.717) is 11.5 Å². The molecule has 1 aromatic rings. The largest absolute Gasteiger partial charge is 0.310 e. The molecule has 0 aliphatic heterocycles. The molecular weight excluding hydrogens is 256 g/mol. The van der Waals surface area contributed by atoms with Gasteiger partial charge in [-0.3, -0.25) is 0 Å². The van der Waals surface area contributed by atoms with E-state index in [2.05, 4.69) is 62.2 Å². The molecule has 0 spiro atoms. The van der Waals surface area contributed by atoms with Gasteiger partial charge in [0, 0.05) is 6.04 Å². The van der Waals surface area contributed by atoms with Crippen LogP contribution in [0, 0.1) is 0 Å². The van der Waals surface area contributed by atoms with Crippen LogP contribution in [-0.2, 0) is 5.41 Å². The minimum absolute atomic E-state index is 0.329. The Balaban J connectivity index is 1.90. The van der Waals surface area contributed by atoms with E-state index >= 15 is 0 Å². The topological polar surface area (TPSA) is 15.3 Å². The van der Waals surface area contributed by atoms with Gasteiger partial charge < -0.3 is 10.2 Å². The van der Waals surface area contributed by atoms with Gasteiger partial charge in [0.15, 0.2) is 0 Å². The fourth-order valence-electron chi connectivity index (χ4n) is 3.54. The maximum absolute atomic E-state index is 3.79. The second-order valence-corrected chi connectivity index (χ2v) is 6.90. The normalized spacial score (nSPS) is 20.5. The maximum Gasteiger partial charge on any atom is 0.0323 e. The fourth-order valence-corrected chi connectivity index (χ4v) is 3.54. The molecule has 0 saturated heterocycles. The highest BCUT2D eigenvalue weighted by Crippen LogP contribution is 2.41. The van der Waals surface area contributed by atoms with Crippen LogP contribution >= 0.6 is 0 Å². The van der Waals surface area contributed by atoms with Gasteiger partial charge in [-0.2, -0.15) is 0 Å². The molecule has 1 aliphatic carbocycles. The van der Waals surface area contributed by atoms with Crippen LogP contribution in [0.5, 0.6) is 0 Å². The summed E-state index contributed by atoms with van der Waals surface area (Å²) in [6, 6.07) is 9.55. The Morgan fingerprint density at radius 3 is 2.62 bits per heavy atom. The lowest BCUT2D eigenvalue weighted by Crippen LogP contribution is -2.34. The van der Waals surface area contributed by atoms with Crippen LogP contribution in [0.2, 0.25) is 0 Å². The van der Waals surface area contributed by atoms with Crippen molar-refractivity contribution in [1.82, 2.24) is 10.2 Å². The summed E-state index contributed by atoms with van der Waals surface area (Å²) < 4.78 is 0. The van der Waals surface area contributed by atoms with E-state index in [1.54, 1.807) is 0 Å². The van der Waals surface area contributed by atoms with Crippen LogP contribution < -0.4 is 5.32 Å². The molecule has 0 radical (unpaired) electrons. The Morgan fingerprint density at radius 2 is 1.90 bits per heavy atom. The predicted molar refractivity (Wildman–Crippen MR) is 91.9 cm³/mol. The molecule has 0 heterocycles. The van der Waals surface area contributed by atoms with Crippen molar-refractivity contribution in [1.29, 1.82) is 0 Å². The zero-order chi connectivity index (χ0) is 15.3. The third-order valence-corrected chi connectivity index (χ3v) is 5.06. The first kappa shape index (κ1) is 16.5. The van der Waals surface area contributed by atoms with Crippen LogP contribution in [0.25, 0.3) is 0 Å². The monoisotopic (exact) mass is 288 g/mol. The van der Waals surface area contributed by atoms with Crippen molar-refractivity contribution in [2.45, 2.75) is 58.4 Å². The Bertz CT molecular complexity index is 435. The molecule has 0 amide bonds. The molecule has 0 saturated carbocycles. The van der Waals surface area contributed by atoms with Gasteiger partial charge in [-0.1, -0.05) is 52.0 Å². The molecule has 118 valence electrons. The predicted octanol–water partition coefficient (Wildman–Crippen LogP) is 4.12. The van der Waals surface area contributed by atoms with E-state index in [9.17, 15) is 0 Å². The van der Waals surface area contributed by atoms with Gasteiger partial charge in [0.2, 0.25) is 0 Å². The number of nitrogens with one attached hydrogen (secondary N) is 1. The van der Waals surface area contributed by atoms with Crippen LogP contribution in [0.4, 0.5) is 0 Å². The number of hydrogen-bond donors (Lipinski definition) is 1.